The van der Waals surface area contributed by atoms with Crippen LogP contribution in [0, 0.1) is 5.92 Å². The minimum atomic E-state index is -4.68. The van der Waals surface area contributed by atoms with Crippen molar-refractivity contribution in [1.82, 2.24) is 0 Å². The normalized spacial score (nSPS) is 28.1. The van der Waals surface area contributed by atoms with Gasteiger partial charge in [-0.2, -0.15) is 0 Å². The summed E-state index contributed by atoms with van der Waals surface area (Å²) in [5.74, 6) is -0.794. The Bertz CT molecular complexity index is 353. The molecule has 3 N–H and O–H groups in total. The van der Waals surface area contributed by atoms with E-state index in [1.807, 2.05) is 0 Å². The Labute approximate surface area is 106 Å². The van der Waals surface area contributed by atoms with Crippen LogP contribution in [0.15, 0.2) is 0 Å². The SMILES string of the molecule is COP(=O)(O)C(O)(C1CCCCC1)P(=O)(O)OC. The van der Waals surface area contributed by atoms with E-state index in [0.717, 1.165) is 33.5 Å². The number of rotatable bonds is 5. The van der Waals surface area contributed by atoms with E-state index in [2.05, 4.69) is 9.05 Å². The maximum Gasteiger partial charge on any atom is 0.372 e. The molecule has 0 aliphatic heterocycles. The second-order valence-electron chi connectivity index (χ2n) is 4.43. The third-order valence-electron chi connectivity index (χ3n) is 3.48. The number of hydrogen-bond acceptors (Lipinski definition) is 5. The standard InChI is InChI=1S/C9H20O7P2/c1-15-17(11,12)9(10,18(13,14)16-2)8-6-4-3-5-7-8/h8,10H,3-7H2,1-2H3,(H,11,12)(H,13,14). The Morgan fingerprint density at radius 2 is 1.39 bits per heavy atom. The van der Waals surface area contributed by atoms with Gasteiger partial charge in [-0.15, -0.1) is 0 Å². The van der Waals surface area contributed by atoms with Crippen LogP contribution in [0.2, 0.25) is 0 Å². The molecule has 1 fully saturated rings. The monoisotopic (exact) mass is 302 g/mol. The predicted molar refractivity (Wildman–Crippen MR) is 65.2 cm³/mol. The fourth-order valence-corrected chi connectivity index (χ4v) is 6.12. The second kappa shape index (κ2) is 5.71. The molecule has 0 aromatic rings. The van der Waals surface area contributed by atoms with Gasteiger partial charge in [0.1, 0.15) is 0 Å². The largest absolute Gasteiger partial charge is 0.372 e. The topological polar surface area (TPSA) is 113 Å². The molecule has 1 aliphatic rings. The first-order valence-corrected chi connectivity index (χ1v) is 8.88. The Hall–Kier alpha value is 0.260. The van der Waals surface area contributed by atoms with E-state index in [1.165, 1.54) is 0 Å². The molecule has 18 heavy (non-hydrogen) atoms. The first-order valence-electron chi connectivity index (χ1n) is 5.72. The summed E-state index contributed by atoms with van der Waals surface area (Å²) in [5, 5.41) is 7.66. The van der Waals surface area contributed by atoms with Gasteiger partial charge in [-0.1, -0.05) is 19.3 Å². The lowest BCUT2D eigenvalue weighted by molar-refractivity contribution is 0.0529. The highest BCUT2D eigenvalue weighted by Crippen LogP contribution is 2.75. The van der Waals surface area contributed by atoms with Crippen molar-refractivity contribution in [3.05, 3.63) is 0 Å². The molecule has 0 amide bonds. The lowest BCUT2D eigenvalue weighted by Gasteiger charge is -2.40. The Kier molecular flexibility index (Phi) is 5.18. The zero-order valence-corrected chi connectivity index (χ0v) is 12.3. The van der Waals surface area contributed by atoms with E-state index in [0.29, 0.717) is 12.8 Å². The van der Waals surface area contributed by atoms with Crippen LogP contribution >= 0.6 is 15.2 Å². The molecule has 2 unspecified atom stereocenters. The van der Waals surface area contributed by atoms with E-state index in [9.17, 15) is 24.0 Å². The van der Waals surface area contributed by atoms with Gasteiger partial charge in [0.15, 0.2) is 0 Å². The van der Waals surface area contributed by atoms with Crippen LogP contribution in [0.5, 0.6) is 0 Å². The van der Waals surface area contributed by atoms with E-state index in [1.54, 1.807) is 0 Å². The molecular formula is C9H20O7P2. The summed E-state index contributed by atoms with van der Waals surface area (Å²) in [4.78, 5) is 19.5. The van der Waals surface area contributed by atoms with Crippen molar-refractivity contribution < 1.29 is 33.1 Å². The Morgan fingerprint density at radius 1 is 1.00 bits per heavy atom. The summed E-state index contributed by atoms with van der Waals surface area (Å²) in [6.45, 7) is 0. The van der Waals surface area contributed by atoms with E-state index in [4.69, 9.17) is 0 Å². The van der Waals surface area contributed by atoms with Crippen molar-refractivity contribution in [1.29, 1.82) is 0 Å². The molecule has 0 radical (unpaired) electrons. The van der Waals surface area contributed by atoms with E-state index < -0.39 is 26.2 Å². The molecule has 0 aromatic heterocycles. The molecule has 0 saturated heterocycles. The Morgan fingerprint density at radius 3 is 1.72 bits per heavy atom. The van der Waals surface area contributed by atoms with Gasteiger partial charge in [0.05, 0.1) is 0 Å². The fraction of sp³-hybridized carbons (Fsp3) is 1.00. The summed E-state index contributed by atoms with van der Waals surface area (Å²) in [6.07, 6.45) is 3.15. The minimum Gasteiger partial charge on any atom is -0.367 e. The van der Waals surface area contributed by atoms with Crippen LogP contribution in [-0.2, 0) is 18.2 Å². The van der Waals surface area contributed by atoms with Crippen LogP contribution in [0.25, 0.3) is 0 Å². The summed E-state index contributed by atoms with van der Waals surface area (Å²) >= 11 is 0. The molecule has 1 saturated carbocycles. The molecule has 108 valence electrons. The van der Waals surface area contributed by atoms with Crippen LogP contribution in [0.4, 0.5) is 0 Å². The molecule has 7 nitrogen and oxygen atoms in total. The van der Waals surface area contributed by atoms with Crippen LogP contribution in [0.1, 0.15) is 32.1 Å². The quantitative estimate of drug-likeness (QED) is 0.664. The highest BCUT2D eigenvalue weighted by atomic mass is 31.2. The van der Waals surface area contributed by atoms with Crippen molar-refractivity contribution in [3.8, 4) is 0 Å². The average Bonchev–Trinajstić information content (AvgIpc) is 2.38. The van der Waals surface area contributed by atoms with Crippen molar-refractivity contribution in [2.24, 2.45) is 5.92 Å². The highest BCUT2D eigenvalue weighted by molar-refractivity contribution is 7.73. The molecule has 0 spiro atoms. The van der Waals surface area contributed by atoms with Gasteiger partial charge in [0, 0.05) is 20.1 Å². The lowest BCUT2D eigenvalue weighted by atomic mass is 9.89. The summed E-state index contributed by atoms with van der Waals surface area (Å²) in [6, 6.07) is 0. The maximum atomic E-state index is 12.0. The molecule has 0 heterocycles. The number of hydrogen-bond donors (Lipinski definition) is 3. The average molecular weight is 302 g/mol. The smallest absolute Gasteiger partial charge is 0.367 e. The minimum absolute atomic E-state index is 0.387. The molecule has 0 bridgehead atoms. The van der Waals surface area contributed by atoms with Gasteiger partial charge in [-0.25, -0.2) is 0 Å². The molecule has 0 aromatic carbocycles. The predicted octanol–water partition coefficient (Wildman–Crippen LogP) is 1.88. The fourth-order valence-electron chi connectivity index (χ4n) is 2.38. The number of aliphatic hydroxyl groups is 1. The zero-order valence-electron chi connectivity index (χ0n) is 10.5. The van der Waals surface area contributed by atoms with Crippen molar-refractivity contribution in [2.75, 3.05) is 14.2 Å². The van der Waals surface area contributed by atoms with Crippen molar-refractivity contribution >= 4 is 15.2 Å². The Balaban J connectivity index is 3.25. The highest BCUT2D eigenvalue weighted by Gasteiger charge is 2.65. The van der Waals surface area contributed by atoms with Crippen molar-refractivity contribution in [3.63, 3.8) is 0 Å². The summed E-state index contributed by atoms with van der Waals surface area (Å²) in [5.41, 5.74) is 0. The van der Waals surface area contributed by atoms with E-state index >= 15 is 0 Å². The van der Waals surface area contributed by atoms with Gasteiger partial charge in [0.25, 0.3) is 5.08 Å². The van der Waals surface area contributed by atoms with Gasteiger partial charge < -0.3 is 23.9 Å². The summed E-state index contributed by atoms with van der Waals surface area (Å²) in [7, 11) is -7.53. The van der Waals surface area contributed by atoms with Gasteiger partial charge in [0.2, 0.25) is 0 Å². The first-order chi connectivity index (χ1) is 8.23. The van der Waals surface area contributed by atoms with Crippen LogP contribution in [0.3, 0.4) is 0 Å². The van der Waals surface area contributed by atoms with Crippen molar-refractivity contribution in [2.45, 2.75) is 37.2 Å². The van der Waals surface area contributed by atoms with Gasteiger partial charge in [-0.05, 0) is 12.8 Å². The second-order valence-corrected chi connectivity index (χ2v) is 8.96. The van der Waals surface area contributed by atoms with Crippen LogP contribution < -0.4 is 0 Å². The molecule has 1 rings (SSSR count). The molecule has 1 aliphatic carbocycles. The first kappa shape index (κ1) is 16.3. The third kappa shape index (κ3) is 2.59. The zero-order chi connectivity index (χ0) is 14.0. The third-order valence-corrected chi connectivity index (χ3v) is 8.38. The maximum absolute atomic E-state index is 12.0. The van der Waals surface area contributed by atoms with Crippen LogP contribution in [-0.4, -0.2) is 34.2 Å². The molecular weight excluding hydrogens is 282 g/mol. The summed E-state index contributed by atoms with van der Waals surface area (Å²) < 4.78 is 32.7. The molecule has 2 atom stereocenters. The molecule has 9 heteroatoms. The van der Waals surface area contributed by atoms with E-state index in [-0.39, 0.29) is 0 Å². The lowest BCUT2D eigenvalue weighted by Crippen LogP contribution is -2.39. The van der Waals surface area contributed by atoms with Gasteiger partial charge >= 0.3 is 15.2 Å². The van der Waals surface area contributed by atoms with Gasteiger partial charge in [-0.3, -0.25) is 9.13 Å².